The van der Waals surface area contributed by atoms with E-state index in [9.17, 15) is 15.0 Å². The molecule has 0 bridgehead atoms. The van der Waals surface area contributed by atoms with Crippen molar-refractivity contribution >= 4 is 44.6 Å². The van der Waals surface area contributed by atoms with E-state index >= 15 is 0 Å². The highest BCUT2D eigenvalue weighted by molar-refractivity contribution is 7.21. The molecule has 0 atom stereocenters. The molecule has 5 nitrogen and oxygen atoms in total. The lowest BCUT2D eigenvalue weighted by Crippen LogP contribution is -2.53. The molecule has 0 aliphatic carbocycles. The van der Waals surface area contributed by atoms with Crippen LogP contribution in [-0.2, 0) is 0 Å². The Bertz CT molecular complexity index is 659. The van der Waals surface area contributed by atoms with Crippen molar-refractivity contribution in [3.8, 4) is 0 Å². The number of hydrogen-bond acceptors (Lipinski definition) is 5. The predicted octanol–water partition coefficient (Wildman–Crippen LogP) is 2.00. The number of nitrogens with one attached hydrogen (secondary N) is 1. The van der Waals surface area contributed by atoms with Gasteiger partial charge in [-0.3, -0.25) is 4.79 Å². The molecular weight excluding hydrogens is 312 g/mol. The van der Waals surface area contributed by atoms with Crippen molar-refractivity contribution in [2.75, 3.05) is 18.9 Å². The van der Waals surface area contributed by atoms with E-state index in [0.717, 1.165) is 10.1 Å². The first-order valence-electron chi connectivity index (χ1n) is 6.48. The van der Waals surface area contributed by atoms with Gasteiger partial charge in [0.2, 0.25) is 0 Å². The van der Waals surface area contributed by atoms with Crippen LogP contribution in [0.3, 0.4) is 0 Å². The average Bonchev–Trinajstić information content (AvgIpc) is 2.82. The molecule has 114 valence electrons. The molecule has 1 aromatic carbocycles. The number of anilines is 1. The molecule has 0 saturated carbocycles. The Balaban J connectivity index is 2.38. The number of nitrogens with two attached hydrogens (primary N) is 1. The van der Waals surface area contributed by atoms with Gasteiger partial charge in [0.1, 0.15) is 4.88 Å². The second kappa shape index (κ2) is 6.19. The largest absolute Gasteiger partial charge is 0.397 e. The Morgan fingerprint density at radius 1 is 1.43 bits per heavy atom. The van der Waals surface area contributed by atoms with Gasteiger partial charge in [-0.05, 0) is 24.6 Å². The van der Waals surface area contributed by atoms with E-state index in [2.05, 4.69) is 5.32 Å². The molecule has 0 spiro atoms. The first-order chi connectivity index (χ1) is 9.96. The van der Waals surface area contributed by atoms with Gasteiger partial charge < -0.3 is 21.3 Å². The predicted molar refractivity (Wildman–Crippen MR) is 85.9 cm³/mol. The number of halogens is 1. The summed E-state index contributed by atoms with van der Waals surface area (Å²) in [5.41, 5.74) is 5.33. The quantitative estimate of drug-likeness (QED) is 0.675. The third kappa shape index (κ3) is 2.98. The minimum absolute atomic E-state index is 0.345. The first kappa shape index (κ1) is 16.0. The van der Waals surface area contributed by atoms with Gasteiger partial charge in [0.15, 0.2) is 0 Å². The summed E-state index contributed by atoms with van der Waals surface area (Å²) in [5.74, 6) is -0.408. The first-order valence-corrected chi connectivity index (χ1v) is 7.67. The van der Waals surface area contributed by atoms with E-state index in [0.29, 0.717) is 22.0 Å². The van der Waals surface area contributed by atoms with Gasteiger partial charge in [-0.2, -0.15) is 0 Å². The summed E-state index contributed by atoms with van der Waals surface area (Å²) in [6.07, 6.45) is 0.405. The summed E-state index contributed by atoms with van der Waals surface area (Å²) in [5, 5.41) is 22.7. The molecule has 0 aliphatic rings. The summed E-state index contributed by atoms with van der Waals surface area (Å²) in [7, 11) is 0. The minimum atomic E-state index is -1.04. The fourth-order valence-corrected chi connectivity index (χ4v) is 3.17. The summed E-state index contributed by atoms with van der Waals surface area (Å²) < 4.78 is 0.858. The van der Waals surface area contributed by atoms with Crippen LogP contribution in [0.1, 0.15) is 23.0 Å². The maximum atomic E-state index is 12.4. The number of fused-ring (bicyclic) bond motifs is 1. The number of benzene rings is 1. The zero-order valence-corrected chi connectivity index (χ0v) is 13.1. The van der Waals surface area contributed by atoms with Crippen LogP contribution >= 0.6 is 22.9 Å². The number of hydrogen-bond donors (Lipinski definition) is 4. The molecule has 1 amide bonds. The Kier molecular flexibility index (Phi) is 4.73. The normalized spacial score (nSPS) is 11.8. The maximum absolute atomic E-state index is 12.4. The van der Waals surface area contributed by atoms with Gasteiger partial charge in [0.25, 0.3) is 5.91 Å². The maximum Gasteiger partial charge on any atom is 0.264 e. The van der Waals surface area contributed by atoms with E-state index in [1.54, 1.807) is 25.1 Å². The van der Waals surface area contributed by atoms with Crippen LogP contribution in [0.4, 0.5) is 5.69 Å². The highest BCUT2D eigenvalue weighted by Gasteiger charge is 2.30. The Morgan fingerprint density at radius 2 is 2.10 bits per heavy atom. The lowest BCUT2D eigenvalue weighted by Gasteiger charge is -2.29. The van der Waals surface area contributed by atoms with Crippen molar-refractivity contribution in [2.45, 2.75) is 18.9 Å². The van der Waals surface area contributed by atoms with Crippen molar-refractivity contribution in [1.82, 2.24) is 5.32 Å². The van der Waals surface area contributed by atoms with Crippen molar-refractivity contribution < 1.29 is 15.0 Å². The highest BCUT2D eigenvalue weighted by Crippen LogP contribution is 2.35. The van der Waals surface area contributed by atoms with Gasteiger partial charge >= 0.3 is 0 Å². The molecule has 7 heteroatoms. The van der Waals surface area contributed by atoms with Crippen LogP contribution in [0.5, 0.6) is 0 Å². The number of nitrogen functional groups attached to an aromatic ring is 1. The van der Waals surface area contributed by atoms with E-state index in [1.165, 1.54) is 11.3 Å². The molecule has 21 heavy (non-hydrogen) atoms. The molecule has 2 aromatic rings. The minimum Gasteiger partial charge on any atom is -0.397 e. The summed E-state index contributed by atoms with van der Waals surface area (Å²) >= 11 is 7.19. The monoisotopic (exact) mass is 328 g/mol. The Labute approximate surface area is 131 Å². The third-order valence-corrected chi connectivity index (χ3v) is 4.98. The zero-order chi connectivity index (χ0) is 15.6. The van der Waals surface area contributed by atoms with Gasteiger partial charge in [0, 0.05) is 15.1 Å². The van der Waals surface area contributed by atoms with E-state index < -0.39 is 11.4 Å². The number of aliphatic hydroxyl groups excluding tert-OH is 2. The van der Waals surface area contributed by atoms with Crippen LogP contribution in [0.25, 0.3) is 10.1 Å². The van der Waals surface area contributed by atoms with Crippen LogP contribution in [0.15, 0.2) is 18.2 Å². The molecule has 0 fully saturated rings. The zero-order valence-electron chi connectivity index (χ0n) is 11.5. The van der Waals surface area contributed by atoms with Crippen molar-refractivity contribution in [1.29, 1.82) is 0 Å². The topological polar surface area (TPSA) is 95.6 Å². The van der Waals surface area contributed by atoms with Gasteiger partial charge in [-0.25, -0.2) is 0 Å². The summed E-state index contributed by atoms with van der Waals surface area (Å²) in [4.78, 5) is 12.7. The fraction of sp³-hybridized carbons (Fsp3) is 0.357. The van der Waals surface area contributed by atoms with Gasteiger partial charge in [-0.1, -0.05) is 18.5 Å². The Hall–Kier alpha value is -1.34. The number of rotatable bonds is 5. The number of amides is 1. The third-order valence-electron chi connectivity index (χ3n) is 3.56. The SMILES string of the molecule is CCC(CO)(CO)NC(=O)c1sc2ccc(Cl)cc2c1N. The van der Waals surface area contributed by atoms with E-state index in [-0.39, 0.29) is 13.2 Å². The molecule has 1 heterocycles. The molecule has 0 radical (unpaired) electrons. The molecule has 2 rings (SSSR count). The van der Waals surface area contributed by atoms with Gasteiger partial charge in [0.05, 0.1) is 24.4 Å². The highest BCUT2D eigenvalue weighted by atomic mass is 35.5. The number of carbonyl (C=O) groups excluding carboxylic acids is 1. The molecular formula is C14H17ClN2O3S. The van der Waals surface area contributed by atoms with Crippen LogP contribution in [0.2, 0.25) is 5.02 Å². The van der Waals surface area contributed by atoms with Crippen molar-refractivity contribution in [3.05, 3.63) is 28.1 Å². The fourth-order valence-electron chi connectivity index (χ4n) is 2.00. The van der Waals surface area contributed by atoms with Crippen molar-refractivity contribution in [2.24, 2.45) is 0 Å². The lowest BCUT2D eigenvalue weighted by atomic mass is 9.98. The van der Waals surface area contributed by atoms with E-state index in [1.807, 2.05) is 0 Å². The van der Waals surface area contributed by atoms with Crippen LogP contribution in [0, 0.1) is 0 Å². The van der Waals surface area contributed by atoms with E-state index in [4.69, 9.17) is 17.3 Å². The lowest BCUT2D eigenvalue weighted by molar-refractivity contribution is 0.0657. The summed E-state index contributed by atoms with van der Waals surface area (Å²) in [6.45, 7) is 1.09. The average molecular weight is 329 g/mol. The second-order valence-corrected chi connectivity index (χ2v) is 6.38. The molecule has 1 aromatic heterocycles. The molecule has 5 N–H and O–H groups in total. The molecule has 0 unspecified atom stereocenters. The smallest absolute Gasteiger partial charge is 0.264 e. The standard InChI is InChI=1S/C14H17ClN2O3S/c1-2-14(6-18,7-19)17-13(20)12-11(16)9-5-8(15)3-4-10(9)21-12/h3-5,18-19H,2,6-7,16H2,1H3,(H,17,20). The van der Waals surface area contributed by atoms with Crippen LogP contribution in [-0.4, -0.2) is 34.9 Å². The summed E-state index contributed by atoms with van der Waals surface area (Å²) in [6, 6.07) is 5.25. The Morgan fingerprint density at radius 3 is 2.67 bits per heavy atom. The van der Waals surface area contributed by atoms with Crippen LogP contribution < -0.4 is 11.1 Å². The van der Waals surface area contributed by atoms with Gasteiger partial charge in [-0.15, -0.1) is 11.3 Å². The number of thiophene rings is 1. The molecule has 0 aliphatic heterocycles. The van der Waals surface area contributed by atoms with Crippen molar-refractivity contribution in [3.63, 3.8) is 0 Å². The second-order valence-electron chi connectivity index (χ2n) is 4.89. The number of aliphatic hydroxyl groups is 2. The number of carbonyl (C=O) groups is 1. The molecule has 0 saturated heterocycles.